The normalized spacial score (nSPS) is 20.8. The van der Waals surface area contributed by atoms with Crippen LogP contribution in [0, 0.1) is 0 Å². The third kappa shape index (κ3) is 3.74. The number of fused-ring (bicyclic) bond motifs is 2. The zero-order chi connectivity index (χ0) is 21.4. The molecule has 1 saturated heterocycles. The molecule has 31 heavy (non-hydrogen) atoms. The van der Waals surface area contributed by atoms with Gasteiger partial charge >= 0.3 is 0 Å². The first kappa shape index (κ1) is 19.9. The van der Waals surface area contributed by atoms with Crippen LogP contribution in [0.5, 0.6) is 11.5 Å². The maximum atomic E-state index is 12.9. The fourth-order valence-electron chi connectivity index (χ4n) is 4.28. The number of ether oxygens (including phenoxy) is 2. The second-order valence-corrected chi connectivity index (χ2v) is 9.33. The molecule has 0 saturated carbocycles. The molecule has 1 amide bonds. The Hall–Kier alpha value is -3.07. The Kier molecular flexibility index (Phi) is 5.05. The van der Waals surface area contributed by atoms with Crippen molar-refractivity contribution in [1.82, 2.24) is 10.2 Å². The summed E-state index contributed by atoms with van der Waals surface area (Å²) in [6, 6.07) is 12.1. The molecular formula is C22H23N3O5S. The lowest BCUT2D eigenvalue weighted by Gasteiger charge is -2.25. The van der Waals surface area contributed by atoms with Crippen LogP contribution in [0.4, 0.5) is 0 Å². The van der Waals surface area contributed by atoms with Crippen molar-refractivity contribution in [3.63, 3.8) is 0 Å². The van der Waals surface area contributed by atoms with Crippen LogP contribution < -0.4 is 14.8 Å². The van der Waals surface area contributed by atoms with E-state index in [0.717, 1.165) is 23.5 Å². The summed E-state index contributed by atoms with van der Waals surface area (Å²) in [6.07, 6.45) is 2.13. The van der Waals surface area contributed by atoms with Crippen molar-refractivity contribution < 1.29 is 22.7 Å². The van der Waals surface area contributed by atoms with E-state index in [0.29, 0.717) is 50.5 Å². The molecule has 3 aliphatic heterocycles. The van der Waals surface area contributed by atoms with Gasteiger partial charge in [-0.2, -0.15) is 8.42 Å². The second-order valence-electron chi connectivity index (χ2n) is 7.76. The van der Waals surface area contributed by atoms with Crippen LogP contribution in [0.15, 0.2) is 51.8 Å². The Morgan fingerprint density at radius 2 is 1.94 bits per heavy atom. The highest BCUT2D eigenvalue weighted by Crippen LogP contribution is 2.32. The van der Waals surface area contributed by atoms with Crippen LogP contribution in [-0.4, -0.2) is 57.4 Å². The largest absolute Gasteiger partial charge is 0.486 e. The lowest BCUT2D eigenvalue weighted by Crippen LogP contribution is -2.46. The molecule has 8 nitrogen and oxygen atoms in total. The molecule has 1 atom stereocenters. The number of carbonyl (C=O) groups excluding carboxylic acids is 1. The number of benzene rings is 2. The number of hydrogen-bond acceptors (Lipinski definition) is 6. The van der Waals surface area contributed by atoms with E-state index in [1.54, 1.807) is 24.3 Å². The van der Waals surface area contributed by atoms with Crippen LogP contribution in [0.2, 0.25) is 0 Å². The monoisotopic (exact) mass is 441 g/mol. The number of amidine groups is 1. The van der Waals surface area contributed by atoms with E-state index in [-0.39, 0.29) is 10.8 Å². The van der Waals surface area contributed by atoms with Crippen molar-refractivity contribution in [2.75, 3.05) is 26.3 Å². The molecule has 0 unspecified atom stereocenters. The van der Waals surface area contributed by atoms with Crippen molar-refractivity contribution in [1.29, 1.82) is 0 Å². The summed E-state index contributed by atoms with van der Waals surface area (Å²) in [5.41, 5.74) is 1.62. The van der Waals surface area contributed by atoms with Crippen LogP contribution in [0.25, 0.3) is 0 Å². The Bertz CT molecular complexity index is 1160. The van der Waals surface area contributed by atoms with E-state index in [1.807, 2.05) is 23.1 Å². The minimum absolute atomic E-state index is 0.112. The molecule has 1 N–H and O–H groups in total. The van der Waals surface area contributed by atoms with Gasteiger partial charge < -0.3 is 19.7 Å². The number of sulfonamides is 1. The number of carbonyl (C=O) groups is 1. The van der Waals surface area contributed by atoms with E-state index in [9.17, 15) is 13.2 Å². The Morgan fingerprint density at radius 3 is 2.81 bits per heavy atom. The highest BCUT2D eigenvalue weighted by molar-refractivity contribution is 7.90. The second kappa shape index (κ2) is 7.88. The first-order chi connectivity index (χ1) is 15.0. The van der Waals surface area contributed by atoms with Gasteiger partial charge in [-0.25, -0.2) is 0 Å². The molecule has 0 spiro atoms. The van der Waals surface area contributed by atoms with Crippen molar-refractivity contribution in [2.45, 2.75) is 30.2 Å². The minimum atomic E-state index is -3.71. The average Bonchev–Trinajstić information content (AvgIpc) is 3.36. The number of nitrogens with zero attached hydrogens (tertiary/aromatic N) is 2. The van der Waals surface area contributed by atoms with Crippen LogP contribution >= 0.6 is 0 Å². The summed E-state index contributed by atoms with van der Waals surface area (Å²) in [5.74, 6) is 1.74. The molecule has 0 bridgehead atoms. The van der Waals surface area contributed by atoms with Crippen LogP contribution in [0.3, 0.4) is 0 Å². The number of hydrogen-bond donors (Lipinski definition) is 1. The maximum Gasteiger partial charge on any atom is 0.285 e. The van der Waals surface area contributed by atoms with E-state index >= 15 is 0 Å². The molecule has 3 aliphatic rings. The van der Waals surface area contributed by atoms with Crippen molar-refractivity contribution in [2.24, 2.45) is 4.40 Å². The molecule has 5 rings (SSSR count). The predicted molar refractivity (Wildman–Crippen MR) is 114 cm³/mol. The smallest absolute Gasteiger partial charge is 0.285 e. The molecule has 1 fully saturated rings. The van der Waals surface area contributed by atoms with Crippen LogP contribution in [0.1, 0.15) is 24.0 Å². The fourth-order valence-corrected chi connectivity index (χ4v) is 5.50. The number of rotatable bonds is 4. The summed E-state index contributed by atoms with van der Waals surface area (Å²) in [6.45, 7) is 2.16. The quantitative estimate of drug-likeness (QED) is 0.776. The molecule has 0 aromatic heterocycles. The molecular weight excluding hydrogens is 418 g/mol. The van der Waals surface area contributed by atoms with E-state index in [2.05, 4.69) is 9.71 Å². The van der Waals surface area contributed by atoms with E-state index in [4.69, 9.17) is 9.47 Å². The van der Waals surface area contributed by atoms with Gasteiger partial charge in [-0.1, -0.05) is 18.2 Å². The molecule has 9 heteroatoms. The average molecular weight is 442 g/mol. The fraction of sp³-hybridized carbons (Fsp3) is 0.364. The minimum Gasteiger partial charge on any atom is -0.486 e. The predicted octanol–water partition coefficient (Wildman–Crippen LogP) is 1.73. The van der Waals surface area contributed by atoms with Crippen LogP contribution in [-0.2, 0) is 21.2 Å². The van der Waals surface area contributed by atoms with E-state index < -0.39 is 16.1 Å². The van der Waals surface area contributed by atoms with Gasteiger partial charge in [0.25, 0.3) is 10.0 Å². The van der Waals surface area contributed by atoms with Gasteiger partial charge in [0, 0.05) is 18.7 Å². The summed E-state index contributed by atoms with van der Waals surface area (Å²) in [5, 5.41) is 2.99. The molecule has 2 aromatic rings. The van der Waals surface area contributed by atoms with Gasteiger partial charge in [-0.15, -0.1) is 4.40 Å². The van der Waals surface area contributed by atoms with Gasteiger partial charge in [0.15, 0.2) is 17.3 Å². The van der Waals surface area contributed by atoms with Crippen molar-refractivity contribution in [3.05, 3.63) is 53.6 Å². The highest BCUT2D eigenvalue weighted by atomic mass is 32.2. The maximum absolute atomic E-state index is 12.9. The number of likely N-dealkylation sites (tertiary alicyclic amines) is 1. The third-order valence-electron chi connectivity index (χ3n) is 5.76. The molecule has 3 heterocycles. The van der Waals surface area contributed by atoms with Gasteiger partial charge in [0.1, 0.15) is 24.2 Å². The lowest BCUT2D eigenvalue weighted by molar-refractivity contribution is -0.124. The van der Waals surface area contributed by atoms with Gasteiger partial charge in [0.2, 0.25) is 5.91 Å². The number of amides is 1. The standard InChI is InChI=1S/C22H23N3O5S/c26-22(23-10-9-15-7-8-18-19(14-15)30-13-12-29-18)17-5-3-11-25(17)21-16-4-1-2-6-20(16)31(27,28)24-21/h1-2,4,6-8,14,17H,3,5,9-13H2,(H,23,26)/t17-/m1/s1. The zero-order valence-corrected chi connectivity index (χ0v) is 17.7. The zero-order valence-electron chi connectivity index (χ0n) is 16.9. The number of nitrogens with one attached hydrogen (secondary N) is 1. The van der Waals surface area contributed by atoms with Crippen molar-refractivity contribution >= 4 is 21.8 Å². The van der Waals surface area contributed by atoms with Gasteiger partial charge in [-0.05, 0) is 49.1 Å². The summed E-state index contributed by atoms with van der Waals surface area (Å²) in [4.78, 5) is 14.9. The SMILES string of the molecule is O=C(NCCc1ccc2c(c1)OCCO2)[C@H]1CCCN1C1=NS(=O)(=O)c2ccccc21. The van der Waals surface area contributed by atoms with Crippen molar-refractivity contribution in [3.8, 4) is 11.5 Å². The summed E-state index contributed by atoms with van der Waals surface area (Å²) < 4.78 is 39.9. The Labute approximate surface area is 180 Å². The molecule has 162 valence electrons. The van der Waals surface area contributed by atoms with E-state index in [1.165, 1.54) is 0 Å². The Morgan fingerprint density at radius 1 is 1.13 bits per heavy atom. The first-order valence-electron chi connectivity index (χ1n) is 10.4. The Balaban J connectivity index is 1.25. The van der Waals surface area contributed by atoms with Gasteiger partial charge in [0.05, 0.1) is 0 Å². The highest BCUT2D eigenvalue weighted by Gasteiger charge is 2.39. The first-order valence-corrected chi connectivity index (χ1v) is 11.8. The molecule has 0 aliphatic carbocycles. The third-order valence-corrected chi connectivity index (χ3v) is 7.08. The molecule has 0 radical (unpaired) electrons. The van der Waals surface area contributed by atoms with Gasteiger partial charge in [-0.3, -0.25) is 4.79 Å². The topological polar surface area (TPSA) is 97.3 Å². The molecule has 2 aromatic carbocycles. The lowest BCUT2D eigenvalue weighted by atomic mass is 10.1. The summed E-state index contributed by atoms with van der Waals surface area (Å²) in [7, 11) is -3.71. The summed E-state index contributed by atoms with van der Waals surface area (Å²) >= 11 is 0.